The molecule has 112 valence electrons. The highest BCUT2D eigenvalue weighted by Gasteiger charge is 2.23. The molecule has 1 fully saturated rings. The van der Waals surface area contributed by atoms with Gasteiger partial charge in [0.05, 0.1) is 10.6 Å². The van der Waals surface area contributed by atoms with E-state index in [4.69, 9.17) is 5.73 Å². The lowest BCUT2D eigenvalue weighted by Gasteiger charge is -2.32. The standard InChI is InChI=1S/C14H21BrN2O2S/c1-17-8-3-2-4-12(17)7-9-20(18,19)14-6-5-11(16)10-13(14)15/h5-6,10,12H,2-4,7-9,16H2,1H3. The second-order valence-electron chi connectivity index (χ2n) is 5.43. The van der Waals surface area contributed by atoms with E-state index < -0.39 is 9.84 Å². The zero-order valence-corrected chi connectivity index (χ0v) is 14.1. The Kier molecular flexibility index (Phi) is 5.09. The summed E-state index contributed by atoms with van der Waals surface area (Å²) < 4.78 is 25.4. The highest BCUT2D eigenvalue weighted by atomic mass is 79.9. The van der Waals surface area contributed by atoms with Crippen molar-refractivity contribution in [1.82, 2.24) is 4.90 Å². The van der Waals surface area contributed by atoms with Crippen molar-refractivity contribution in [2.24, 2.45) is 0 Å². The van der Waals surface area contributed by atoms with E-state index in [9.17, 15) is 8.42 Å². The molecule has 1 aromatic rings. The van der Waals surface area contributed by atoms with Crippen molar-refractivity contribution >= 4 is 31.5 Å². The maximum atomic E-state index is 12.4. The molecule has 0 amide bonds. The summed E-state index contributed by atoms with van der Waals surface area (Å²) in [7, 11) is -1.18. The Balaban J connectivity index is 2.07. The van der Waals surface area contributed by atoms with E-state index in [1.807, 2.05) is 0 Å². The van der Waals surface area contributed by atoms with E-state index in [2.05, 4.69) is 27.9 Å². The highest BCUT2D eigenvalue weighted by molar-refractivity contribution is 9.10. The molecule has 1 aliphatic rings. The predicted molar refractivity (Wildman–Crippen MR) is 85.5 cm³/mol. The number of nitrogen functional groups attached to an aromatic ring is 1. The fraction of sp³-hybridized carbons (Fsp3) is 0.571. The van der Waals surface area contributed by atoms with Gasteiger partial charge in [0.25, 0.3) is 0 Å². The number of piperidine rings is 1. The van der Waals surface area contributed by atoms with E-state index in [0.29, 0.717) is 27.5 Å². The lowest BCUT2D eigenvalue weighted by molar-refractivity contribution is 0.181. The highest BCUT2D eigenvalue weighted by Crippen LogP contribution is 2.27. The zero-order chi connectivity index (χ0) is 14.8. The normalized spacial score (nSPS) is 21.0. The largest absolute Gasteiger partial charge is 0.399 e. The Labute approximate surface area is 129 Å². The quantitative estimate of drug-likeness (QED) is 0.838. The van der Waals surface area contributed by atoms with Gasteiger partial charge in [0.2, 0.25) is 0 Å². The Morgan fingerprint density at radius 1 is 1.40 bits per heavy atom. The number of likely N-dealkylation sites (tertiary alicyclic amines) is 1. The zero-order valence-electron chi connectivity index (χ0n) is 11.7. The van der Waals surface area contributed by atoms with Gasteiger partial charge in [-0.25, -0.2) is 8.42 Å². The molecule has 0 saturated carbocycles. The van der Waals surface area contributed by atoms with E-state index in [0.717, 1.165) is 13.0 Å². The molecule has 0 radical (unpaired) electrons. The number of halogens is 1. The summed E-state index contributed by atoms with van der Waals surface area (Å²) in [4.78, 5) is 2.61. The van der Waals surface area contributed by atoms with Gasteiger partial charge >= 0.3 is 0 Å². The first kappa shape index (κ1) is 15.8. The summed E-state index contributed by atoms with van der Waals surface area (Å²) in [5.41, 5.74) is 6.21. The molecule has 20 heavy (non-hydrogen) atoms. The number of hydrogen-bond donors (Lipinski definition) is 1. The summed E-state index contributed by atoms with van der Waals surface area (Å²) in [5.74, 6) is 0.185. The molecular formula is C14H21BrN2O2S. The smallest absolute Gasteiger partial charge is 0.179 e. The average Bonchev–Trinajstić information content (AvgIpc) is 2.37. The van der Waals surface area contributed by atoms with Crippen molar-refractivity contribution in [2.75, 3.05) is 25.1 Å². The Morgan fingerprint density at radius 2 is 2.15 bits per heavy atom. The summed E-state index contributed by atoms with van der Waals surface area (Å²) in [6.07, 6.45) is 4.19. The summed E-state index contributed by atoms with van der Waals surface area (Å²) in [6, 6.07) is 5.23. The van der Waals surface area contributed by atoms with Crippen LogP contribution in [0.4, 0.5) is 5.69 Å². The van der Waals surface area contributed by atoms with Gasteiger partial charge in [0.15, 0.2) is 9.84 Å². The maximum absolute atomic E-state index is 12.4. The van der Waals surface area contributed by atoms with Crippen molar-refractivity contribution in [3.63, 3.8) is 0 Å². The minimum Gasteiger partial charge on any atom is -0.399 e. The van der Waals surface area contributed by atoms with E-state index in [1.165, 1.54) is 12.8 Å². The minimum absolute atomic E-state index is 0.185. The minimum atomic E-state index is -3.26. The fourth-order valence-corrected chi connectivity index (χ4v) is 5.25. The molecule has 1 heterocycles. The number of nitrogens with zero attached hydrogens (tertiary/aromatic N) is 1. The fourth-order valence-electron chi connectivity index (χ4n) is 2.68. The number of anilines is 1. The van der Waals surface area contributed by atoms with Gasteiger partial charge in [-0.15, -0.1) is 0 Å². The number of hydrogen-bond acceptors (Lipinski definition) is 4. The SMILES string of the molecule is CN1CCCCC1CCS(=O)(=O)c1ccc(N)cc1Br. The van der Waals surface area contributed by atoms with Crippen LogP contribution in [-0.2, 0) is 9.84 Å². The molecule has 0 spiro atoms. The second-order valence-corrected chi connectivity index (χ2v) is 8.36. The lowest BCUT2D eigenvalue weighted by Crippen LogP contribution is -2.37. The van der Waals surface area contributed by atoms with Crippen LogP contribution in [0, 0.1) is 0 Å². The van der Waals surface area contributed by atoms with Crippen LogP contribution in [0.3, 0.4) is 0 Å². The molecule has 0 aromatic heterocycles. The third kappa shape index (κ3) is 3.74. The number of benzene rings is 1. The predicted octanol–water partition coefficient (Wildman–Crippen LogP) is 2.68. The van der Waals surface area contributed by atoms with Crippen LogP contribution in [0.25, 0.3) is 0 Å². The number of nitrogens with two attached hydrogens (primary N) is 1. The first-order valence-electron chi connectivity index (χ1n) is 6.88. The molecule has 0 aliphatic carbocycles. The first-order chi connectivity index (χ1) is 9.40. The second kappa shape index (κ2) is 6.45. The molecule has 1 atom stereocenters. The lowest BCUT2D eigenvalue weighted by atomic mass is 10.0. The number of sulfone groups is 1. The Bertz CT molecular complexity index is 575. The third-order valence-corrected chi connectivity index (χ3v) is 6.65. The van der Waals surface area contributed by atoms with Crippen LogP contribution in [-0.4, -0.2) is 38.7 Å². The van der Waals surface area contributed by atoms with E-state index in [1.54, 1.807) is 18.2 Å². The van der Waals surface area contributed by atoms with Gasteiger partial charge in [-0.2, -0.15) is 0 Å². The van der Waals surface area contributed by atoms with Crippen LogP contribution in [0.1, 0.15) is 25.7 Å². The molecule has 6 heteroatoms. The summed E-state index contributed by atoms with van der Waals surface area (Å²) >= 11 is 3.29. The molecule has 1 aliphatic heterocycles. The van der Waals surface area contributed by atoms with Gasteiger partial charge in [0.1, 0.15) is 0 Å². The van der Waals surface area contributed by atoms with Gasteiger partial charge in [-0.1, -0.05) is 6.42 Å². The van der Waals surface area contributed by atoms with E-state index in [-0.39, 0.29) is 5.75 Å². The molecule has 4 nitrogen and oxygen atoms in total. The van der Waals surface area contributed by atoms with Crippen molar-refractivity contribution in [3.8, 4) is 0 Å². The van der Waals surface area contributed by atoms with Crippen LogP contribution in [0.5, 0.6) is 0 Å². The molecule has 2 N–H and O–H groups in total. The topological polar surface area (TPSA) is 63.4 Å². The third-order valence-electron chi connectivity index (χ3n) is 3.93. The molecule has 2 rings (SSSR count). The van der Waals surface area contributed by atoms with Crippen LogP contribution in [0.15, 0.2) is 27.6 Å². The van der Waals surface area contributed by atoms with Gasteiger partial charge in [0, 0.05) is 16.2 Å². The van der Waals surface area contributed by atoms with Gasteiger partial charge < -0.3 is 10.6 Å². The number of rotatable bonds is 4. The maximum Gasteiger partial charge on any atom is 0.179 e. The van der Waals surface area contributed by atoms with Crippen molar-refractivity contribution < 1.29 is 8.42 Å². The molecule has 1 aromatic carbocycles. The molecular weight excluding hydrogens is 340 g/mol. The summed E-state index contributed by atoms with van der Waals surface area (Å²) in [6.45, 7) is 1.07. The molecule has 1 unspecified atom stereocenters. The van der Waals surface area contributed by atoms with Crippen molar-refractivity contribution in [1.29, 1.82) is 0 Å². The van der Waals surface area contributed by atoms with E-state index >= 15 is 0 Å². The van der Waals surface area contributed by atoms with Crippen LogP contribution < -0.4 is 5.73 Å². The van der Waals surface area contributed by atoms with Gasteiger partial charge in [-0.05, 0) is 67.0 Å². The average molecular weight is 361 g/mol. The van der Waals surface area contributed by atoms with Crippen molar-refractivity contribution in [2.45, 2.75) is 36.6 Å². The van der Waals surface area contributed by atoms with Gasteiger partial charge in [-0.3, -0.25) is 0 Å². The first-order valence-corrected chi connectivity index (χ1v) is 9.33. The summed E-state index contributed by atoms with van der Waals surface area (Å²) in [5, 5.41) is 0. The molecule has 0 bridgehead atoms. The van der Waals surface area contributed by atoms with Crippen LogP contribution >= 0.6 is 15.9 Å². The Morgan fingerprint density at radius 3 is 2.80 bits per heavy atom. The van der Waals surface area contributed by atoms with Crippen molar-refractivity contribution in [3.05, 3.63) is 22.7 Å². The molecule has 1 saturated heterocycles. The Hall–Kier alpha value is -0.590. The van der Waals surface area contributed by atoms with Crippen LogP contribution in [0.2, 0.25) is 0 Å². The monoisotopic (exact) mass is 360 g/mol.